The highest BCUT2D eigenvalue weighted by Gasteiger charge is 2.54. The van der Waals surface area contributed by atoms with E-state index in [2.05, 4.69) is 19.3 Å². The number of carboxylic acid groups (broad SMARTS) is 1. The third kappa shape index (κ3) is 7.25. The molecule has 2 aliphatic rings. The van der Waals surface area contributed by atoms with Gasteiger partial charge in [-0.2, -0.15) is 4.98 Å². The second kappa shape index (κ2) is 12.7. The number of aromatic nitrogens is 2. The number of nitrogens with one attached hydrogen (secondary N) is 1. The van der Waals surface area contributed by atoms with Crippen molar-refractivity contribution in [3.8, 4) is 0 Å². The molecule has 9 unspecified atom stereocenters. The maximum atomic E-state index is 12.7. The Balaban J connectivity index is 1.79. The minimum Gasteiger partial charge on any atom is -0.756 e. The number of rotatable bonds is 11. The Morgan fingerprint density at radius 1 is 1.34 bits per heavy atom. The number of aliphatic hydroxyl groups excluding tert-OH is 6. The van der Waals surface area contributed by atoms with Crippen molar-refractivity contribution >= 4 is 25.5 Å². The molecule has 21 heteroatoms. The van der Waals surface area contributed by atoms with Crippen LogP contribution in [0, 0.1) is 0 Å². The number of nitrogens with zero attached hydrogens (tertiary/aromatic N) is 2. The normalized spacial score (nSPS) is 34.9. The molecule has 9 N–H and O–H groups in total. The van der Waals surface area contributed by atoms with Crippen LogP contribution in [0.1, 0.15) is 19.6 Å². The molecule has 0 bridgehead atoms. The number of carbonyl (C=O) groups is 2. The summed E-state index contributed by atoms with van der Waals surface area (Å²) in [7, 11) is -5.81. The van der Waals surface area contributed by atoms with Gasteiger partial charge < -0.3 is 70.5 Å². The summed E-state index contributed by atoms with van der Waals surface area (Å²) in [6, 6.07) is -0.426. The fraction of sp³-hybridized carbons (Fsp3) is 0.700. The summed E-state index contributed by atoms with van der Waals surface area (Å²) < 4.78 is 33.1. The predicted octanol–water partition coefficient (Wildman–Crippen LogP) is -7.24. The summed E-state index contributed by atoms with van der Waals surface area (Å²) in [6.07, 6.45) is -15.1. The van der Waals surface area contributed by atoms with Crippen LogP contribution in [0.4, 0.5) is 5.82 Å². The van der Waals surface area contributed by atoms with E-state index in [4.69, 9.17) is 20.3 Å². The van der Waals surface area contributed by atoms with Crippen molar-refractivity contribution in [2.75, 3.05) is 18.9 Å². The highest BCUT2D eigenvalue weighted by molar-refractivity contribution is 7.45. The molecule has 3 heterocycles. The standard InChI is InChI=1S/C20H31N4O16P/c1-7(26)22-12-8(27)4-20(18(32)33,39-16(12)13(29)9(28)5-25)40-41(35,36)37-6-10-14(30)15(31)17(38-10)24-3-2-11(21)23-19(24)34/h2-3,8-10,12-17,25,27-31H,4-6H2,1H3,(H,22,26)(H,32,33)(H,35,36)(H2,21,23,34)/p-2/t8?,9-,10?,12?,13-,14?,15?,16?,17?,20?/m1/s1. The van der Waals surface area contributed by atoms with E-state index in [0.717, 1.165) is 17.7 Å². The first kappa shape index (κ1) is 32.9. The Kier molecular flexibility index (Phi) is 10.2. The number of aliphatic hydroxyl groups is 6. The molecule has 41 heavy (non-hydrogen) atoms. The van der Waals surface area contributed by atoms with Crippen LogP contribution < -0.4 is 26.7 Å². The van der Waals surface area contributed by atoms with Gasteiger partial charge in [-0.05, 0) is 6.07 Å². The zero-order valence-corrected chi connectivity index (χ0v) is 22.1. The zero-order valence-electron chi connectivity index (χ0n) is 21.2. The number of phosphoric acid groups is 1. The minimum absolute atomic E-state index is 0.149. The number of carboxylic acids is 1. The van der Waals surface area contributed by atoms with Gasteiger partial charge >= 0.3 is 5.69 Å². The van der Waals surface area contributed by atoms with Crippen LogP contribution in [0.2, 0.25) is 0 Å². The van der Waals surface area contributed by atoms with Crippen LogP contribution in [-0.4, -0.2) is 120 Å². The quantitative estimate of drug-likeness (QED) is 0.108. The number of anilines is 1. The monoisotopic (exact) mass is 612 g/mol. The third-order valence-electron chi connectivity index (χ3n) is 6.29. The van der Waals surface area contributed by atoms with Crippen molar-refractivity contribution in [1.82, 2.24) is 14.9 Å². The van der Waals surface area contributed by atoms with E-state index in [1.165, 1.54) is 6.07 Å². The lowest BCUT2D eigenvalue weighted by Gasteiger charge is -2.50. The third-order valence-corrected chi connectivity index (χ3v) is 7.27. The molecular weight excluding hydrogens is 583 g/mol. The minimum atomic E-state index is -5.81. The maximum Gasteiger partial charge on any atom is 0.351 e. The summed E-state index contributed by atoms with van der Waals surface area (Å²) in [4.78, 5) is 51.8. The van der Waals surface area contributed by atoms with Crippen LogP contribution in [0.5, 0.6) is 0 Å². The first-order chi connectivity index (χ1) is 19.0. The number of nitrogens with two attached hydrogens (primary N) is 1. The summed E-state index contributed by atoms with van der Waals surface area (Å²) in [5.74, 6) is -6.70. The second-order valence-electron chi connectivity index (χ2n) is 9.28. The molecule has 0 saturated carbocycles. The van der Waals surface area contributed by atoms with Crippen molar-refractivity contribution < 1.29 is 73.3 Å². The van der Waals surface area contributed by atoms with Crippen molar-refractivity contribution in [2.24, 2.45) is 0 Å². The fourth-order valence-corrected chi connectivity index (χ4v) is 5.24. The van der Waals surface area contributed by atoms with Crippen molar-refractivity contribution in [3.63, 3.8) is 0 Å². The average molecular weight is 612 g/mol. The summed E-state index contributed by atoms with van der Waals surface area (Å²) in [5.41, 5.74) is 4.43. The van der Waals surface area contributed by atoms with E-state index in [-0.39, 0.29) is 5.82 Å². The van der Waals surface area contributed by atoms with Gasteiger partial charge in [-0.15, -0.1) is 0 Å². The van der Waals surface area contributed by atoms with E-state index < -0.39 is 106 Å². The molecule has 1 aromatic heterocycles. The lowest BCUT2D eigenvalue weighted by Crippen LogP contribution is -2.69. The number of hydrogen-bond acceptors (Lipinski definition) is 18. The van der Waals surface area contributed by atoms with Crippen molar-refractivity contribution in [1.29, 1.82) is 0 Å². The molecule has 20 nitrogen and oxygen atoms in total. The number of nitrogen functional groups attached to an aromatic ring is 1. The number of phosphoric ester groups is 1. The first-order valence-electron chi connectivity index (χ1n) is 11.9. The molecule has 2 fully saturated rings. The van der Waals surface area contributed by atoms with Crippen molar-refractivity contribution in [3.05, 3.63) is 22.7 Å². The number of ether oxygens (including phenoxy) is 2. The van der Waals surface area contributed by atoms with Crippen LogP contribution in [-0.2, 0) is 32.7 Å². The Hall–Kier alpha value is -2.59. The molecule has 2 aliphatic heterocycles. The van der Waals surface area contributed by atoms with E-state index in [9.17, 15) is 54.5 Å². The summed E-state index contributed by atoms with van der Waals surface area (Å²) in [5, 5.41) is 74.7. The molecule has 11 atom stereocenters. The smallest absolute Gasteiger partial charge is 0.351 e. The lowest BCUT2D eigenvalue weighted by molar-refractivity contribution is -0.377. The molecule has 1 aromatic rings. The predicted molar refractivity (Wildman–Crippen MR) is 123 cm³/mol. The molecule has 0 radical (unpaired) electrons. The van der Waals surface area contributed by atoms with Gasteiger partial charge in [0.1, 0.15) is 48.4 Å². The van der Waals surface area contributed by atoms with Crippen LogP contribution in [0.15, 0.2) is 17.1 Å². The molecule has 0 aromatic carbocycles. The largest absolute Gasteiger partial charge is 0.756 e. The van der Waals surface area contributed by atoms with Crippen LogP contribution in [0.25, 0.3) is 0 Å². The highest BCUT2D eigenvalue weighted by Crippen LogP contribution is 2.48. The summed E-state index contributed by atoms with van der Waals surface area (Å²) >= 11 is 0. The zero-order chi connectivity index (χ0) is 30.9. The van der Waals surface area contributed by atoms with E-state index in [1.807, 2.05) is 0 Å². The summed E-state index contributed by atoms with van der Waals surface area (Å²) in [6.45, 7) is -1.18. The number of aliphatic carboxylic acids is 1. The Morgan fingerprint density at radius 3 is 2.56 bits per heavy atom. The molecule has 232 valence electrons. The van der Waals surface area contributed by atoms with Gasteiger partial charge in [-0.25, -0.2) is 4.79 Å². The van der Waals surface area contributed by atoms with Gasteiger partial charge in [0.05, 0.1) is 25.4 Å². The lowest BCUT2D eigenvalue weighted by atomic mass is 9.88. The SMILES string of the molecule is CC(=O)NC1C(O)CC(OP(=O)([O-])OCC2OC(n3ccc(N)nc3=O)C(O)C2O)(C(=O)[O-])OC1[C@H](O)[C@H](O)CO. The molecule has 0 spiro atoms. The van der Waals surface area contributed by atoms with Crippen LogP contribution >= 0.6 is 7.82 Å². The van der Waals surface area contributed by atoms with E-state index in [0.29, 0.717) is 0 Å². The maximum absolute atomic E-state index is 12.7. The Bertz CT molecular complexity index is 1220. The van der Waals surface area contributed by atoms with Gasteiger partial charge in [0.2, 0.25) is 11.7 Å². The number of amides is 1. The molecular formula is C20H29N4O16P-2. The average Bonchev–Trinajstić information content (AvgIpc) is 3.16. The fourth-order valence-electron chi connectivity index (χ4n) is 4.30. The van der Waals surface area contributed by atoms with Gasteiger partial charge in [0.25, 0.3) is 7.82 Å². The van der Waals surface area contributed by atoms with E-state index >= 15 is 0 Å². The van der Waals surface area contributed by atoms with Crippen molar-refractivity contribution in [2.45, 2.75) is 74.1 Å². The Morgan fingerprint density at radius 2 is 2.00 bits per heavy atom. The van der Waals surface area contributed by atoms with Gasteiger partial charge in [0, 0.05) is 19.5 Å². The first-order valence-corrected chi connectivity index (χ1v) is 13.3. The van der Waals surface area contributed by atoms with Crippen LogP contribution in [0.3, 0.4) is 0 Å². The van der Waals surface area contributed by atoms with Gasteiger partial charge in [-0.3, -0.25) is 18.5 Å². The second-order valence-corrected chi connectivity index (χ2v) is 10.6. The molecule has 1 amide bonds. The number of hydrogen-bond donors (Lipinski definition) is 8. The molecule has 0 aliphatic carbocycles. The Labute approximate surface area is 230 Å². The van der Waals surface area contributed by atoms with Gasteiger partial charge in [0.15, 0.2) is 6.23 Å². The van der Waals surface area contributed by atoms with Gasteiger partial charge in [-0.1, -0.05) is 0 Å². The molecule has 2 saturated heterocycles. The highest BCUT2D eigenvalue weighted by atomic mass is 31.2. The topological polar surface area (TPSA) is 329 Å². The van der Waals surface area contributed by atoms with E-state index in [1.54, 1.807) is 0 Å². The molecule has 3 rings (SSSR count). The number of carbonyl (C=O) groups excluding carboxylic acids is 2.